The molecule has 1 aromatic carbocycles. The van der Waals surface area contributed by atoms with Gasteiger partial charge in [-0.05, 0) is 38.2 Å². The Bertz CT molecular complexity index is 619. The van der Waals surface area contributed by atoms with Crippen molar-refractivity contribution in [2.75, 3.05) is 26.0 Å². The average molecular weight is 363 g/mol. The number of nitrogens with two attached hydrogens (primary N) is 1. The lowest BCUT2D eigenvalue weighted by molar-refractivity contribution is -0.123. The molecule has 0 spiro atoms. The zero-order valence-corrected chi connectivity index (χ0v) is 15.7. The lowest BCUT2D eigenvalue weighted by atomic mass is 10.1. The second kappa shape index (κ2) is 11.1. The minimum absolute atomic E-state index is 0.110. The van der Waals surface area contributed by atoms with Crippen molar-refractivity contribution in [3.8, 4) is 0 Å². The number of hydrogen-bond acceptors (Lipinski definition) is 4. The molecule has 1 rings (SSSR count). The molecule has 0 saturated heterocycles. The first-order chi connectivity index (χ1) is 12.3. The molecule has 0 bridgehead atoms. The summed E-state index contributed by atoms with van der Waals surface area (Å²) in [7, 11) is 3.64. The molecular formula is C18H29N5O3. The fourth-order valence-electron chi connectivity index (χ4n) is 2.41. The first-order valence-corrected chi connectivity index (χ1v) is 8.69. The van der Waals surface area contributed by atoms with E-state index in [1.165, 1.54) is 0 Å². The lowest BCUT2D eigenvalue weighted by Gasteiger charge is -2.17. The molecule has 0 aliphatic rings. The number of carbonyl (C=O) groups excluding carboxylic acids is 3. The number of primary amides is 1. The molecule has 0 aromatic heterocycles. The van der Waals surface area contributed by atoms with Crippen LogP contribution in [0.15, 0.2) is 24.3 Å². The van der Waals surface area contributed by atoms with E-state index in [1.807, 2.05) is 33.2 Å². The van der Waals surface area contributed by atoms with Gasteiger partial charge < -0.3 is 26.6 Å². The van der Waals surface area contributed by atoms with Crippen LogP contribution in [-0.4, -0.2) is 49.4 Å². The van der Waals surface area contributed by atoms with Gasteiger partial charge >= 0.3 is 6.03 Å². The van der Waals surface area contributed by atoms with Gasteiger partial charge in [-0.2, -0.15) is 0 Å². The van der Waals surface area contributed by atoms with E-state index >= 15 is 0 Å². The topological polar surface area (TPSA) is 117 Å². The summed E-state index contributed by atoms with van der Waals surface area (Å²) in [5.74, 6) is -0.388. The highest BCUT2D eigenvalue weighted by atomic mass is 16.2. The van der Waals surface area contributed by atoms with E-state index in [1.54, 1.807) is 17.0 Å². The molecule has 4 amide bonds. The SMILES string of the molecule is CCCCC(NC(N)=O)C(=O)NCc1cccc(NC(=O)CN(C)C)c1. The van der Waals surface area contributed by atoms with Crippen LogP contribution < -0.4 is 21.7 Å². The first kappa shape index (κ1) is 21.4. The number of urea groups is 1. The molecular weight excluding hydrogens is 334 g/mol. The summed E-state index contributed by atoms with van der Waals surface area (Å²) in [6.45, 7) is 2.59. The number of amides is 4. The molecule has 1 unspecified atom stereocenters. The summed E-state index contributed by atoms with van der Waals surface area (Å²) in [5.41, 5.74) is 6.65. The predicted molar refractivity (Wildman–Crippen MR) is 102 cm³/mol. The number of nitrogens with zero attached hydrogens (tertiary/aromatic N) is 1. The van der Waals surface area contributed by atoms with E-state index in [9.17, 15) is 14.4 Å². The molecule has 26 heavy (non-hydrogen) atoms. The quantitative estimate of drug-likeness (QED) is 0.497. The summed E-state index contributed by atoms with van der Waals surface area (Å²) in [5, 5.41) is 8.08. The molecule has 0 radical (unpaired) electrons. The van der Waals surface area contributed by atoms with Crippen LogP contribution in [0.1, 0.15) is 31.7 Å². The third-order valence-corrected chi connectivity index (χ3v) is 3.62. The number of carbonyl (C=O) groups is 3. The maximum atomic E-state index is 12.3. The zero-order chi connectivity index (χ0) is 19.5. The average Bonchev–Trinajstić information content (AvgIpc) is 2.55. The van der Waals surface area contributed by atoms with Gasteiger partial charge in [-0.25, -0.2) is 4.79 Å². The van der Waals surface area contributed by atoms with Gasteiger partial charge in [0.1, 0.15) is 6.04 Å². The largest absolute Gasteiger partial charge is 0.352 e. The molecule has 1 atom stereocenters. The van der Waals surface area contributed by atoms with Crippen molar-refractivity contribution >= 4 is 23.5 Å². The minimum atomic E-state index is -0.716. The van der Waals surface area contributed by atoms with Crippen molar-refractivity contribution in [2.45, 2.75) is 38.8 Å². The van der Waals surface area contributed by atoms with Crippen molar-refractivity contribution in [1.82, 2.24) is 15.5 Å². The molecule has 1 aromatic rings. The van der Waals surface area contributed by atoms with E-state index < -0.39 is 12.1 Å². The highest BCUT2D eigenvalue weighted by Crippen LogP contribution is 2.11. The summed E-state index contributed by atoms with van der Waals surface area (Å²) in [4.78, 5) is 36.9. The fraction of sp³-hybridized carbons (Fsp3) is 0.500. The number of benzene rings is 1. The normalized spacial score (nSPS) is 11.7. The van der Waals surface area contributed by atoms with Gasteiger partial charge in [0.2, 0.25) is 11.8 Å². The third-order valence-electron chi connectivity index (χ3n) is 3.62. The van der Waals surface area contributed by atoms with Crippen LogP contribution in [0.4, 0.5) is 10.5 Å². The molecule has 0 aliphatic carbocycles. The molecule has 0 fully saturated rings. The molecule has 8 heteroatoms. The Kier molecular flexibility index (Phi) is 9.14. The van der Waals surface area contributed by atoms with Gasteiger partial charge in [-0.15, -0.1) is 0 Å². The number of nitrogens with one attached hydrogen (secondary N) is 3. The van der Waals surface area contributed by atoms with Crippen LogP contribution in [0.5, 0.6) is 0 Å². The Labute approximate surface area is 154 Å². The molecule has 5 N–H and O–H groups in total. The van der Waals surface area contributed by atoms with Crippen LogP contribution in [0.2, 0.25) is 0 Å². The van der Waals surface area contributed by atoms with Gasteiger partial charge in [0.15, 0.2) is 0 Å². The van der Waals surface area contributed by atoms with E-state index in [0.29, 0.717) is 25.2 Å². The summed E-state index contributed by atoms with van der Waals surface area (Å²) >= 11 is 0. The number of unbranched alkanes of at least 4 members (excludes halogenated alkanes) is 1. The van der Waals surface area contributed by atoms with Gasteiger partial charge in [-0.1, -0.05) is 31.9 Å². The van der Waals surface area contributed by atoms with Gasteiger partial charge in [-0.3, -0.25) is 9.59 Å². The smallest absolute Gasteiger partial charge is 0.312 e. The third kappa shape index (κ3) is 8.48. The standard InChI is InChI=1S/C18H29N5O3/c1-4-5-9-15(22-18(19)26)17(25)20-11-13-7-6-8-14(10-13)21-16(24)12-23(2)3/h6-8,10,15H,4-5,9,11-12H2,1-3H3,(H,20,25)(H,21,24)(H3,19,22,26). The molecule has 0 aliphatic heterocycles. The molecule has 0 heterocycles. The zero-order valence-electron chi connectivity index (χ0n) is 15.7. The number of likely N-dealkylation sites (N-methyl/N-ethyl adjacent to an activating group) is 1. The highest BCUT2D eigenvalue weighted by molar-refractivity contribution is 5.92. The Morgan fingerprint density at radius 2 is 1.96 bits per heavy atom. The van der Waals surface area contributed by atoms with Crippen LogP contribution in [-0.2, 0) is 16.1 Å². The summed E-state index contributed by atoms with van der Waals surface area (Å²) in [6.07, 6.45) is 2.26. The van der Waals surface area contributed by atoms with Crippen LogP contribution >= 0.6 is 0 Å². The van der Waals surface area contributed by atoms with Crippen molar-refractivity contribution in [1.29, 1.82) is 0 Å². The number of anilines is 1. The van der Waals surface area contributed by atoms with Crippen molar-refractivity contribution < 1.29 is 14.4 Å². The maximum absolute atomic E-state index is 12.3. The first-order valence-electron chi connectivity index (χ1n) is 8.69. The Morgan fingerprint density at radius 1 is 1.23 bits per heavy atom. The van der Waals surface area contributed by atoms with E-state index in [2.05, 4.69) is 16.0 Å². The van der Waals surface area contributed by atoms with Crippen molar-refractivity contribution in [3.63, 3.8) is 0 Å². The number of rotatable bonds is 10. The second-order valence-corrected chi connectivity index (χ2v) is 6.41. The lowest BCUT2D eigenvalue weighted by Crippen LogP contribution is -2.48. The highest BCUT2D eigenvalue weighted by Gasteiger charge is 2.18. The van der Waals surface area contributed by atoms with Crippen LogP contribution in [0.3, 0.4) is 0 Å². The van der Waals surface area contributed by atoms with Gasteiger partial charge in [0.25, 0.3) is 0 Å². The Balaban J connectivity index is 2.62. The Hall–Kier alpha value is -2.61. The van der Waals surface area contributed by atoms with Gasteiger partial charge in [0.05, 0.1) is 6.54 Å². The molecule has 0 saturated carbocycles. The fourth-order valence-corrected chi connectivity index (χ4v) is 2.41. The summed E-state index contributed by atoms with van der Waals surface area (Å²) < 4.78 is 0. The van der Waals surface area contributed by atoms with E-state index in [0.717, 1.165) is 18.4 Å². The monoisotopic (exact) mass is 363 g/mol. The van der Waals surface area contributed by atoms with Gasteiger partial charge in [0, 0.05) is 12.2 Å². The summed E-state index contributed by atoms with van der Waals surface area (Å²) in [6, 6.07) is 5.89. The van der Waals surface area contributed by atoms with Crippen molar-refractivity contribution in [2.24, 2.45) is 5.73 Å². The number of hydrogen-bond donors (Lipinski definition) is 4. The minimum Gasteiger partial charge on any atom is -0.352 e. The second-order valence-electron chi connectivity index (χ2n) is 6.41. The Morgan fingerprint density at radius 3 is 2.58 bits per heavy atom. The van der Waals surface area contributed by atoms with E-state index in [-0.39, 0.29) is 11.8 Å². The van der Waals surface area contributed by atoms with Crippen LogP contribution in [0.25, 0.3) is 0 Å². The predicted octanol–water partition coefficient (Wildman–Crippen LogP) is 1.03. The maximum Gasteiger partial charge on any atom is 0.312 e. The van der Waals surface area contributed by atoms with Crippen LogP contribution in [0, 0.1) is 0 Å². The molecule has 8 nitrogen and oxygen atoms in total. The van der Waals surface area contributed by atoms with E-state index in [4.69, 9.17) is 5.73 Å². The molecule has 144 valence electrons. The van der Waals surface area contributed by atoms with Crippen molar-refractivity contribution in [3.05, 3.63) is 29.8 Å².